The second-order valence-corrected chi connectivity index (χ2v) is 8.78. The number of carbonyl (C=O) groups excluding carboxylic acids is 4. The zero-order chi connectivity index (χ0) is 24.2. The Balaban J connectivity index is 1.54. The molecule has 8 nitrogen and oxygen atoms in total. The molecule has 1 atom stereocenters. The Hall–Kier alpha value is -3.39. The van der Waals surface area contributed by atoms with E-state index >= 15 is 0 Å². The molecule has 2 fully saturated rings. The molecule has 1 N–H and O–H groups in total. The van der Waals surface area contributed by atoms with Crippen molar-refractivity contribution in [1.82, 2.24) is 4.90 Å². The largest absolute Gasteiger partial charge is 0.462 e. The molecule has 0 aromatic heterocycles. The Morgan fingerprint density at radius 2 is 1.79 bits per heavy atom. The molecule has 34 heavy (non-hydrogen) atoms. The van der Waals surface area contributed by atoms with Gasteiger partial charge in [0.25, 0.3) is 5.91 Å². The molecule has 0 unspecified atom stereocenters. The number of rotatable bonds is 7. The van der Waals surface area contributed by atoms with Gasteiger partial charge in [-0.2, -0.15) is 0 Å². The first-order valence-corrected chi connectivity index (χ1v) is 11.8. The van der Waals surface area contributed by atoms with Crippen molar-refractivity contribution in [2.24, 2.45) is 0 Å². The highest BCUT2D eigenvalue weighted by Gasteiger charge is 2.49. The SMILES string of the molecule is CCOC(=O)c1cccc(NC(=O)C[C@@H]2C(=O)N(c3ccc(Cl)cc3)C(=O)N2C2CCCC2)c1. The van der Waals surface area contributed by atoms with Crippen LogP contribution in [0.4, 0.5) is 16.2 Å². The Kier molecular flexibility index (Phi) is 7.17. The van der Waals surface area contributed by atoms with Crippen molar-refractivity contribution in [3.05, 3.63) is 59.1 Å². The predicted molar refractivity (Wildman–Crippen MR) is 128 cm³/mol. The lowest BCUT2D eigenvalue weighted by Crippen LogP contribution is -2.43. The topological polar surface area (TPSA) is 96.0 Å². The molecule has 1 saturated carbocycles. The number of nitrogens with zero attached hydrogens (tertiary/aromatic N) is 2. The number of esters is 1. The van der Waals surface area contributed by atoms with Gasteiger partial charge in [0.05, 0.1) is 24.3 Å². The highest BCUT2D eigenvalue weighted by molar-refractivity contribution is 6.30. The second kappa shape index (κ2) is 10.3. The summed E-state index contributed by atoms with van der Waals surface area (Å²) < 4.78 is 5.00. The molecule has 0 bridgehead atoms. The van der Waals surface area contributed by atoms with E-state index in [0.717, 1.165) is 30.6 Å². The first kappa shape index (κ1) is 23.8. The van der Waals surface area contributed by atoms with Crippen molar-refractivity contribution in [2.45, 2.75) is 51.1 Å². The number of nitrogens with one attached hydrogen (secondary N) is 1. The van der Waals surface area contributed by atoms with Gasteiger partial charge in [0.1, 0.15) is 6.04 Å². The number of anilines is 2. The van der Waals surface area contributed by atoms with Crippen LogP contribution in [0.25, 0.3) is 0 Å². The molecule has 0 radical (unpaired) electrons. The minimum atomic E-state index is -0.903. The molecule has 2 aromatic rings. The van der Waals surface area contributed by atoms with Crippen LogP contribution in [0.15, 0.2) is 48.5 Å². The van der Waals surface area contributed by atoms with Crippen LogP contribution >= 0.6 is 11.6 Å². The number of urea groups is 1. The number of hydrogen-bond donors (Lipinski definition) is 1. The molecule has 9 heteroatoms. The number of halogens is 1. The molecule has 2 aromatic carbocycles. The van der Waals surface area contributed by atoms with Crippen molar-refractivity contribution < 1.29 is 23.9 Å². The van der Waals surface area contributed by atoms with Gasteiger partial charge < -0.3 is 15.0 Å². The van der Waals surface area contributed by atoms with E-state index in [1.54, 1.807) is 54.3 Å². The van der Waals surface area contributed by atoms with Gasteiger partial charge in [-0.05, 0) is 62.2 Å². The van der Waals surface area contributed by atoms with E-state index in [9.17, 15) is 19.2 Å². The van der Waals surface area contributed by atoms with Crippen LogP contribution in [0.5, 0.6) is 0 Å². The van der Waals surface area contributed by atoms with Gasteiger partial charge in [0.15, 0.2) is 0 Å². The molecular formula is C25H26ClN3O5. The molecule has 4 rings (SSSR count). The predicted octanol–water partition coefficient (Wildman–Crippen LogP) is 4.63. The number of imide groups is 1. The molecule has 2 aliphatic rings. The van der Waals surface area contributed by atoms with Crippen LogP contribution in [0.2, 0.25) is 5.02 Å². The highest BCUT2D eigenvalue weighted by Crippen LogP contribution is 2.34. The maximum absolute atomic E-state index is 13.4. The zero-order valence-corrected chi connectivity index (χ0v) is 19.6. The first-order chi connectivity index (χ1) is 16.4. The fourth-order valence-corrected chi connectivity index (χ4v) is 4.67. The third-order valence-corrected chi connectivity index (χ3v) is 6.34. The molecular weight excluding hydrogens is 458 g/mol. The average molecular weight is 484 g/mol. The van der Waals surface area contributed by atoms with Gasteiger partial charge in [-0.15, -0.1) is 0 Å². The number of ether oxygens (including phenoxy) is 1. The monoisotopic (exact) mass is 483 g/mol. The fourth-order valence-electron chi connectivity index (χ4n) is 4.54. The third kappa shape index (κ3) is 4.92. The van der Waals surface area contributed by atoms with E-state index < -0.39 is 29.9 Å². The Bertz CT molecular complexity index is 1100. The number of carbonyl (C=O) groups is 4. The highest BCUT2D eigenvalue weighted by atomic mass is 35.5. The summed E-state index contributed by atoms with van der Waals surface area (Å²) in [6, 6.07) is 11.5. The van der Waals surface area contributed by atoms with E-state index in [-0.39, 0.29) is 19.1 Å². The lowest BCUT2D eigenvalue weighted by atomic mass is 10.1. The molecule has 1 saturated heterocycles. The van der Waals surface area contributed by atoms with Gasteiger partial charge >= 0.3 is 12.0 Å². The maximum atomic E-state index is 13.4. The average Bonchev–Trinajstić information content (AvgIpc) is 3.42. The third-order valence-electron chi connectivity index (χ3n) is 6.09. The van der Waals surface area contributed by atoms with E-state index in [2.05, 4.69) is 5.32 Å². The van der Waals surface area contributed by atoms with Crippen LogP contribution in [0.3, 0.4) is 0 Å². The molecule has 1 aliphatic carbocycles. The smallest absolute Gasteiger partial charge is 0.338 e. The normalized spacial score (nSPS) is 18.5. The quantitative estimate of drug-likeness (QED) is 0.457. The summed E-state index contributed by atoms with van der Waals surface area (Å²) in [6.45, 7) is 1.96. The molecule has 1 aliphatic heterocycles. The summed E-state index contributed by atoms with van der Waals surface area (Å²) in [5.74, 6) is -1.34. The van der Waals surface area contributed by atoms with Gasteiger partial charge in [0, 0.05) is 16.8 Å². The van der Waals surface area contributed by atoms with E-state index in [4.69, 9.17) is 16.3 Å². The van der Waals surface area contributed by atoms with Crippen molar-refractivity contribution >= 4 is 46.8 Å². The van der Waals surface area contributed by atoms with Gasteiger partial charge in [-0.3, -0.25) is 9.59 Å². The van der Waals surface area contributed by atoms with Gasteiger partial charge in [-0.1, -0.05) is 30.5 Å². The lowest BCUT2D eigenvalue weighted by Gasteiger charge is -2.27. The van der Waals surface area contributed by atoms with E-state index in [1.807, 2.05) is 0 Å². The first-order valence-electron chi connectivity index (χ1n) is 11.4. The van der Waals surface area contributed by atoms with E-state index in [1.165, 1.54) is 6.07 Å². The summed E-state index contributed by atoms with van der Waals surface area (Å²) in [6.07, 6.45) is 3.36. The Morgan fingerprint density at radius 3 is 2.47 bits per heavy atom. The molecule has 0 spiro atoms. The van der Waals surface area contributed by atoms with Crippen molar-refractivity contribution in [3.63, 3.8) is 0 Å². The molecule has 4 amide bonds. The minimum Gasteiger partial charge on any atom is -0.462 e. The van der Waals surface area contributed by atoms with Gasteiger partial charge in [-0.25, -0.2) is 14.5 Å². The van der Waals surface area contributed by atoms with Crippen LogP contribution in [-0.2, 0) is 14.3 Å². The summed E-state index contributed by atoms with van der Waals surface area (Å²) in [5, 5.41) is 3.24. The summed E-state index contributed by atoms with van der Waals surface area (Å²) >= 11 is 5.97. The Labute approximate surface area is 202 Å². The maximum Gasteiger partial charge on any atom is 0.338 e. The van der Waals surface area contributed by atoms with Crippen LogP contribution < -0.4 is 10.2 Å². The number of hydrogen-bond acceptors (Lipinski definition) is 5. The summed E-state index contributed by atoms with van der Waals surface area (Å²) in [4.78, 5) is 54.3. The minimum absolute atomic E-state index is 0.0845. The fraction of sp³-hybridized carbons (Fsp3) is 0.360. The molecule has 1 heterocycles. The zero-order valence-electron chi connectivity index (χ0n) is 18.8. The van der Waals surface area contributed by atoms with Crippen LogP contribution in [-0.4, -0.2) is 47.4 Å². The summed E-state index contributed by atoms with van der Waals surface area (Å²) in [7, 11) is 0. The Morgan fingerprint density at radius 1 is 1.09 bits per heavy atom. The molecule has 178 valence electrons. The van der Waals surface area contributed by atoms with Crippen molar-refractivity contribution in [1.29, 1.82) is 0 Å². The van der Waals surface area contributed by atoms with Gasteiger partial charge in [0.2, 0.25) is 5.91 Å². The number of amides is 4. The van der Waals surface area contributed by atoms with E-state index in [0.29, 0.717) is 22.0 Å². The summed E-state index contributed by atoms with van der Waals surface area (Å²) in [5.41, 5.74) is 1.15. The van der Waals surface area contributed by atoms with Crippen LogP contribution in [0, 0.1) is 0 Å². The van der Waals surface area contributed by atoms with Crippen molar-refractivity contribution in [3.8, 4) is 0 Å². The van der Waals surface area contributed by atoms with Crippen LogP contribution in [0.1, 0.15) is 49.4 Å². The second-order valence-electron chi connectivity index (χ2n) is 8.35. The lowest BCUT2D eigenvalue weighted by molar-refractivity contribution is -0.124. The standard InChI is InChI=1S/C25H26ClN3O5/c1-2-34-24(32)16-6-5-7-18(14-16)27-22(30)15-21-23(31)29(20-12-10-17(26)11-13-20)25(33)28(21)19-8-3-4-9-19/h5-7,10-14,19,21H,2-4,8-9,15H2,1H3,(H,27,30)/t21-/m1/s1. The van der Waals surface area contributed by atoms with Crippen molar-refractivity contribution in [2.75, 3.05) is 16.8 Å². The number of benzene rings is 2.